The number of amides is 1. The van der Waals surface area contributed by atoms with Crippen LogP contribution in [0, 0.1) is 5.92 Å². The first-order chi connectivity index (χ1) is 11.1. The number of aromatic nitrogens is 1. The number of para-hydroxylation sites is 1. The SMILES string of the molecule is CC(C)c1cc(C(=O)NCCC2CCNC2)c2ccccc2n1.Cl.Cl. The third-order valence-electron chi connectivity index (χ3n) is 4.57. The van der Waals surface area contributed by atoms with Gasteiger partial charge in [-0.15, -0.1) is 24.8 Å². The van der Waals surface area contributed by atoms with E-state index in [0.717, 1.165) is 48.2 Å². The first kappa shape index (κ1) is 21.7. The summed E-state index contributed by atoms with van der Waals surface area (Å²) in [6.45, 7) is 7.12. The number of pyridine rings is 1. The van der Waals surface area contributed by atoms with E-state index in [9.17, 15) is 4.79 Å². The van der Waals surface area contributed by atoms with Gasteiger partial charge in [0.2, 0.25) is 0 Å². The molecule has 0 saturated carbocycles. The van der Waals surface area contributed by atoms with E-state index in [1.165, 1.54) is 6.42 Å². The number of nitrogens with one attached hydrogen (secondary N) is 2. The second kappa shape index (κ2) is 9.95. The van der Waals surface area contributed by atoms with Crippen LogP contribution < -0.4 is 10.6 Å². The third kappa shape index (κ3) is 5.30. The number of hydrogen-bond donors (Lipinski definition) is 2. The summed E-state index contributed by atoms with van der Waals surface area (Å²) in [6.07, 6.45) is 2.25. The van der Waals surface area contributed by atoms with Crippen LogP contribution in [0.15, 0.2) is 30.3 Å². The molecule has 2 N–H and O–H groups in total. The number of rotatable bonds is 5. The molecule has 2 heterocycles. The van der Waals surface area contributed by atoms with E-state index < -0.39 is 0 Å². The lowest BCUT2D eigenvalue weighted by molar-refractivity contribution is 0.0953. The van der Waals surface area contributed by atoms with Crippen molar-refractivity contribution in [2.75, 3.05) is 19.6 Å². The summed E-state index contributed by atoms with van der Waals surface area (Å²) in [7, 11) is 0. The second-order valence-electron chi connectivity index (χ2n) is 6.67. The Kier molecular flexibility index (Phi) is 8.63. The molecule has 0 bridgehead atoms. The number of hydrogen-bond acceptors (Lipinski definition) is 3. The molecule has 1 unspecified atom stereocenters. The fourth-order valence-electron chi connectivity index (χ4n) is 3.13. The van der Waals surface area contributed by atoms with Crippen LogP contribution in [-0.4, -0.2) is 30.5 Å². The number of nitrogens with zero attached hydrogens (tertiary/aromatic N) is 1. The maximum atomic E-state index is 12.7. The summed E-state index contributed by atoms with van der Waals surface area (Å²) < 4.78 is 0. The molecule has 138 valence electrons. The van der Waals surface area contributed by atoms with Crippen molar-refractivity contribution in [3.63, 3.8) is 0 Å². The molecule has 6 heteroatoms. The number of carbonyl (C=O) groups excluding carboxylic acids is 1. The molecule has 1 aromatic heterocycles. The highest BCUT2D eigenvalue weighted by molar-refractivity contribution is 6.06. The molecule has 25 heavy (non-hydrogen) atoms. The number of carbonyl (C=O) groups is 1. The highest BCUT2D eigenvalue weighted by atomic mass is 35.5. The Morgan fingerprint density at radius 3 is 2.76 bits per heavy atom. The molecule has 4 nitrogen and oxygen atoms in total. The van der Waals surface area contributed by atoms with E-state index in [1.54, 1.807) is 0 Å². The van der Waals surface area contributed by atoms with Crippen LogP contribution in [0.2, 0.25) is 0 Å². The van der Waals surface area contributed by atoms with Crippen molar-refractivity contribution in [3.8, 4) is 0 Å². The average molecular weight is 384 g/mol. The minimum Gasteiger partial charge on any atom is -0.352 e. The summed E-state index contributed by atoms with van der Waals surface area (Å²) in [5.41, 5.74) is 2.60. The standard InChI is InChI=1S/C19H25N3O.2ClH/c1-13(2)18-11-16(15-5-3-4-6-17(15)22-18)19(23)21-10-8-14-7-9-20-12-14;;/h3-6,11,13-14,20H,7-10,12H2,1-2H3,(H,21,23);2*1H. The van der Waals surface area contributed by atoms with Gasteiger partial charge in [-0.25, -0.2) is 0 Å². The van der Waals surface area contributed by atoms with Crippen LogP contribution in [0.1, 0.15) is 48.7 Å². The quantitative estimate of drug-likeness (QED) is 0.821. The van der Waals surface area contributed by atoms with Gasteiger partial charge < -0.3 is 10.6 Å². The van der Waals surface area contributed by atoms with Gasteiger partial charge in [0, 0.05) is 17.6 Å². The zero-order valence-electron chi connectivity index (χ0n) is 14.7. The topological polar surface area (TPSA) is 54.0 Å². The summed E-state index contributed by atoms with van der Waals surface area (Å²) in [6, 6.07) is 9.82. The lowest BCUT2D eigenvalue weighted by Gasteiger charge is -2.13. The molecule has 1 fully saturated rings. The fourth-order valence-corrected chi connectivity index (χ4v) is 3.13. The van der Waals surface area contributed by atoms with Gasteiger partial charge in [0.05, 0.1) is 11.1 Å². The Bertz CT molecular complexity index is 700. The van der Waals surface area contributed by atoms with E-state index in [0.29, 0.717) is 11.8 Å². The van der Waals surface area contributed by atoms with Crippen LogP contribution in [-0.2, 0) is 0 Å². The molecule has 0 aliphatic carbocycles. The van der Waals surface area contributed by atoms with Gasteiger partial charge in [-0.3, -0.25) is 9.78 Å². The zero-order valence-corrected chi connectivity index (χ0v) is 16.4. The smallest absolute Gasteiger partial charge is 0.252 e. The minimum atomic E-state index is 0. The van der Waals surface area contributed by atoms with Crippen LogP contribution in [0.4, 0.5) is 0 Å². The van der Waals surface area contributed by atoms with Crippen LogP contribution >= 0.6 is 24.8 Å². The lowest BCUT2D eigenvalue weighted by Crippen LogP contribution is -2.27. The second-order valence-corrected chi connectivity index (χ2v) is 6.67. The molecular weight excluding hydrogens is 357 g/mol. The van der Waals surface area contributed by atoms with Gasteiger partial charge in [-0.1, -0.05) is 32.0 Å². The maximum absolute atomic E-state index is 12.7. The van der Waals surface area contributed by atoms with E-state index in [-0.39, 0.29) is 30.7 Å². The summed E-state index contributed by atoms with van der Waals surface area (Å²) in [4.78, 5) is 17.3. The highest BCUT2D eigenvalue weighted by Crippen LogP contribution is 2.22. The van der Waals surface area contributed by atoms with Gasteiger partial charge in [0.1, 0.15) is 0 Å². The van der Waals surface area contributed by atoms with Gasteiger partial charge in [-0.2, -0.15) is 0 Å². The molecule has 1 aromatic carbocycles. The largest absolute Gasteiger partial charge is 0.352 e. The Labute approximate surface area is 162 Å². The molecule has 1 saturated heterocycles. The van der Waals surface area contributed by atoms with Crippen molar-refractivity contribution >= 4 is 41.6 Å². The van der Waals surface area contributed by atoms with Crippen molar-refractivity contribution in [1.82, 2.24) is 15.6 Å². The Morgan fingerprint density at radius 1 is 1.32 bits per heavy atom. The minimum absolute atomic E-state index is 0. The monoisotopic (exact) mass is 383 g/mol. The molecule has 1 aliphatic heterocycles. The van der Waals surface area contributed by atoms with Crippen molar-refractivity contribution in [3.05, 3.63) is 41.6 Å². The zero-order chi connectivity index (χ0) is 16.2. The molecule has 1 amide bonds. The van der Waals surface area contributed by atoms with Gasteiger partial charge in [0.25, 0.3) is 5.91 Å². The Balaban J connectivity index is 0.00000156. The van der Waals surface area contributed by atoms with Crippen molar-refractivity contribution in [1.29, 1.82) is 0 Å². The summed E-state index contributed by atoms with van der Waals surface area (Å²) in [5.74, 6) is 1.00. The number of fused-ring (bicyclic) bond motifs is 1. The summed E-state index contributed by atoms with van der Waals surface area (Å²) >= 11 is 0. The van der Waals surface area contributed by atoms with Crippen molar-refractivity contribution < 1.29 is 4.79 Å². The van der Waals surface area contributed by atoms with Crippen LogP contribution in [0.5, 0.6) is 0 Å². The summed E-state index contributed by atoms with van der Waals surface area (Å²) in [5, 5.41) is 7.38. The lowest BCUT2D eigenvalue weighted by atomic mass is 10.0. The fraction of sp³-hybridized carbons (Fsp3) is 0.474. The van der Waals surface area contributed by atoms with E-state index in [2.05, 4.69) is 29.5 Å². The van der Waals surface area contributed by atoms with Crippen molar-refractivity contribution in [2.45, 2.75) is 32.6 Å². The number of benzene rings is 1. The maximum Gasteiger partial charge on any atom is 0.252 e. The number of halogens is 2. The third-order valence-corrected chi connectivity index (χ3v) is 4.57. The Hall–Kier alpha value is -1.36. The van der Waals surface area contributed by atoms with Gasteiger partial charge in [-0.05, 0) is 49.9 Å². The van der Waals surface area contributed by atoms with E-state index in [4.69, 9.17) is 0 Å². The molecule has 3 rings (SSSR count). The molecular formula is C19H27Cl2N3O. The normalized spacial score (nSPS) is 16.4. The predicted molar refractivity (Wildman–Crippen MR) is 108 cm³/mol. The van der Waals surface area contributed by atoms with Crippen molar-refractivity contribution in [2.24, 2.45) is 5.92 Å². The van der Waals surface area contributed by atoms with Gasteiger partial charge in [0.15, 0.2) is 0 Å². The first-order valence-electron chi connectivity index (χ1n) is 8.53. The van der Waals surface area contributed by atoms with Crippen LogP contribution in [0.3, 0.4) is 0 Å². The van der Waals surface area contributed by atoms with Crippen LogP contribution in [0.25, 0.3) is 10.9 Å². The molecule has 1 atom stereocenters. The Morgan fingerprint density at radius 2 is 2.08 bits per heavy atom. The van der Waals surface area contributed by atoms with E-state index >= 15 is 0 Å². The average Bonchev–Trinajstić information content (AvgIpc) is 3.07. The molecule has 0 spiro atoms. The predicted octanol–water partition coefficient (Wildman–Crippen LogP) is 3.93. The molecule has 1 aliphatic rings. The van der Waals surface area contributed by atoms with Gasteiger partial charge >= 0.3 is 0 Å². The highest BCUT2D eigenvalue weighted by Gasteiger charge is 2.16. The van der Waals surface area contributed by atoms with E-state index in [1.807, 2.05) is 30.3 Å². The molecule has 2 aromatic rings. The molecule has 0 radical (unpaired) electrons. The first-order valence-corrected chi connectivity index (χ1v) is 8.53.